The zero-order valence-electron chi connectivity index (χ0n) is 8.96. The minimum Gasteiger partial charge on any atom is -0.394 e. The number of pyridine rings is 1. The Hall–Kier alpha value is -0.680. The van der Waals surface area contributed by atoms with E-state index in [0.29, 0.717) is 4.47 Å². The molecule has 3 nitrogen and oxygen atoms in total. The van der Waals surface area contributed by atoms with Crippen LogP contribution < -0.4 is 4.90 Å². The number of likely N-dealkylation sites (N-methyl/N-ethyl adjacent to an activating group) is 1. The lowest BCUT2D eigenvalue weighted by molar-refractivity contribution is 0.215. The molecule has 0 atom stereocenters. The molecule has 0 aromatic carbocycles. The molecule has 15 heavy (non-hydrogen) atoms. The summed E-state index contributed by atoms with van der Waals surface area (Å²) in [6, 6.07) is 1.35. The lowest BCUT2D eigenvalue weighted by Crippen LogP contribution is -2.45. The van der Waals surface area contributed by atoms with E-state index in [2.05, 4.69) is 20.9 Å². The number of anilines is 1. The highest BCUT2D eigenvalue weighted by atomic mass is 79.9. The average molecular weight is 277 g/mol. The third-order valence-electron chi connectivity index (χ3n) is 2.40. The predicted molar refractivity (Wildman–Crippen MR) is 61.5 cm³/mol. The predicted octanol–water partition coefficient (Wildman–Crippen LogP) is 2.19. The van der Waals surface area contributed by atoms with Gasteiger partial charge in [0.1, 0.15) is 0 Å². The van der Waals surface area contributed by atoms with Crippen LogP contribution >= 0.6 is 15.9 Å². The van der Waals surface area contributed by atoms with E-state index in [1.807, 2.05) is 13.8 Å². The Morgan fingerprint density at radius 3 is 2.67 bits per heavy atom. The third kappa shape index (κ3) is 2.66. The molecule has 1 aromatic rings. The molecular weight excluding hydrogens is 263 g/mol. The van der Waals surface area contributed by atoms with Gasteiger partial charge < -0.3 is 10.0 Å². The Labute approximate surface area is 97.1 Å². The van der Waals surface area contributed by atoms with Gasteiger partial charge in [-0.2, -0.15) is 0 Å². The van der Waals surface area contributed by atoms with Crippen LogP contribution in [0, 0.1) is 5.82 Å². The topological polar surface area (TPSA) is 36.4 Å². The SMILES string of the molecule is CN(c1ncc(Br)cc1F)C(C)(C)CO. The van der Waals surface area contributed by atoms with Gasteiger partial charge >= 0.3 is 0 Å². The van der Waals surface area contributed by atoms with Gasteiger partial charge in [-0.1, -0.05) is 0 Å². The molecule has 0 aliphatic heterocycles. The first-order valence-corrected chi connectivity index (χ1v) is 5.33. The molecule has 1 heterocycles. The van der Waals surface area contributed by atoms with Crippen molar-refractivity contribution in [2.24, 2.45) is 0 Å². The first-order valence-electron chi connectivity index (χ1n) is 4.54. The Morgan fingerprint density at radius 2 is 2.20 bits per heavy atom. The maximum absolute atomic E-state index is 13.6. The molecule has 5 heteroatoms. The van der Waals surface area contributed by atoms with Crippen molar-refractivity contribution < 1.29 is 9.50 Å². The summed E-state index contributed by atoms with van der Waals surface area (Å²) in [7, 11) is 1.70. The summed E-state index contributed by atoms with van der Waals surface area (Å²) in [5, 5.41) is 9.17. The highest BCUT2D eigenvalue weighted by molar-refractivity contribution is 9.10. The lowest BCUT2D eigenvalue weighted by Gasteiger charge is -2.34. The smallest absolute Gasteiger partial charge is 0.166 e. The molecule has 1 N–H and O–H groups in total. The summed E-state index contributed by atoms with van der Waals surface area (Å²) >= 11 is 3.14. The highest BCUT2D eigenvalue weighted by Gasteiger charge is 2.25. The molecule has 0 spiro atoms. The second-order valence-electron chi connectivity index (χ2n) is 3.99. The van der Waals surface area contributed by atoms with Gasteiger partial charge in [-0.3, -0.25) is 0 Å². The lowest BCUT2D eigenvalue weighted by atomic mass is 10.1. The van der Waals surface area contributed by atoms with Crippen molar-refractivity contribution in [2.45, 2.75) is 19.4 Å². The molecule has 0 radical (unpaired) electrons. The summed E-state index contributed by atoms with van der Waals surface area (Å²) in [5.41, 5.74) is -0.540. The van der Waals surface area contributed by atoms with Gasteiger partial charge in [0.05, 0.1) is 12.1 Å². The van der Waals surface area contributed by atoms with E-state index in [1.165, 1.54) is 12.3 Å². The zero-order chi connectivity index (χ0) is 11.6. The van der Waals surface area contributed by atoms with E-state index in [0.717, 1.165) is 0 Å². The molecule has 1 aromatic heterocycles. The van der Waals surface area contributed by atoms with Gasteiger partial charge in [0, 0.05) is 17.7 Å². The number of aliphatic hydroxyl groups excluding tert-OH is 1. The van der Waals surface area contributed by atoms with Crippen molar-refractivity contribution in [3.8, 4) is 0 Å². The zero-order valence-corrected chi connectivity index (χ0v) is 10.5. The fourth-order valence-electron chi connectivity index (χ4n) is 1.05. The van der Waals surface area contributed by atoms with Gasteiger partial charge in [0.15, 0.2) is 11.6 Å². The van der Waals surface area contributed by atoms with E-state index < -0.39 is 11.4 Å². The molecule has 0 fully saturated rings. The van der Waals surface area contributed by atoms with E-state index in [4.69, 9.17) is 0 Å². The monoisotopic (exact) mass is 276 g/mol. The standard InChI is InChI=1S/C10H14BrFN2O/c1-10(2,6-15)14(3)9-8(12)4-7(11)5-13-9/h4-5,15H,6H2,1-3H3. The Bertz CT molecular complexity index is 357. The third-order valence-corrected chi connectivity index (χ3v) is 2.83. The molecule has 1 rings (SSSR count). The van der Waals surface area contributed by atoms with Crippen LogP contribution in [0.4, 0.5) is 10.2 Å². The fourth-order valence-corrected chi connectivity index (χ4v) is 1.35. The molecule has 0 aliphatic rings. The van der Waals surface area contributed by atoms with Gasteiger partial charge in [0.2, 0.25) is 0 Å². The van der Waals surface area contributed by atoms with Crippen molar-refractivity contribution in [3.05, 3.63) is 22.6 Å². The van der Waals surface area contributed by atoms with Gasteiger partial charge in [-0.15, -0.1) is 0 Å². The quantitative estimate of drug-likeness (QED) is 0.920. The van der Waals surface area contributed by atoms with Crippen molar-refractivity contribution in [1.29, 1.82) is 0 Å². The minimum atomic E-state index is -0.540. The van der Waals surface area contributed by atoms with Crippen LogP contribution in [0.3, 0.4) is 0 Å². The molecule has 0 unspecified atom stereocenters. The number of nitrogens with zero attached hydrogens (tertiary/aromatic N) is 2. The number of aromatic nitrogens is 1. The minimum absolute atomic E-state index is 0.0688. The second-order valence-corrected chi connectivity index (χ2v) is 4.90. The summed E-state index contributed by atoms with van der Waals surface area (Å²) in [6.45, 7) is 3.56. The Balaban J connectivity index is 3.06. The fraction of sp³-hybridized carbons (Fsp3) is 0.500. The molecule has 0 aliphatic carbocycles. The molecule has 0 saturated carbocycles. The van der Waals surface area contributed by atoms with Crippen LogP contribution in [0.5, 0.6) is 0 Å². The van der Waals surface area contributed by atoms with Crippen LogP contribution in [0.2, 0.25) is 0 Å². The van der Waals surface area contributed by atoms with Crippen molar-refractivity contribution in [3.63, 3.8) is 0 Å². The highest BCUT2D eigenvalue weighted by Crippen LogP contribution is 2.24. The molecule has 84 valence electrons. The van der Waals surface area contributed by atoms with E-state index in [1.54, 1.807) is 11.9 Å². The largest absolute Gasteiger partial charge is 0.394 e. The molecule has 0 amide bonds. The summed E-state index contributed by atoms with van der Waals surface area (Å²) in [6.07, 6.45) is 1.53. The maximum Gasteiger partial charge on any atom is 0.166 e. The molecule has 0 saturated heterocycles. The normalized spacial score (nSPS) is 11.6. The van der Waals surface area contributed by atoms with Crippen molar-refractivity contribution >= 4 is 21.7 Å². The van der Waals surface area contributed by atoms with Crippen molar-refractivity contribution in [2.75, 3.05) is 18.6 Å². The number of halogens is 2. The summed E-state index contributed by atoms with van der Waals surface area (Å²) < 4.78 is 14.1. The van der Waals surface area contributed by atoms with Crippen LogP contribution in [-0.2, 0) is 0 Å². The first-order chi connectivity index (χ1) is 6.88. The van der Waals surface area contributed by atoms with E-state index >= 15 is 0 Å². The first kappa shape index (κ1) is 12.4. The van der Waals surface area contributed by atoms with Crippen LogP contribution in [-0.4, -0.2) is 29.3 Å². The Kier molecular flexibility index (Phi) is 3.67. The van der Waals surface area contributed by atoms with Crippen molar-refractivity contribution in [1.82, 2.24) is 4.98 Å². The summed E-state index contributed by atoms with van der Waals surface area (Å²) in [4.78, 5) is 5.60. The Morgan fingerprint density at radius 1 is 1.60 bits per heavy atom. The van der Waals surface area contributed by atoms with Crippen LogP contribution in [0.1, 0.15) is 13.8 Å². The van der Waals surface area contributed by atoms with Gasteiger partial charge in [0.25, 0.3) is 0 Å². The molecular formula is C10H14BrFN2O. The number of rotatable bonds is 3. The van der Waals surface area contributed by atoms with Gasteiger partial charge in [-0.25, -0.2) is 9.37 Å². The van der Waals surface area contributed by atoms with E-state index in [-0.39, 0.29) is 12.4 Å². The van der Waals surface area contributed by atoms with E-state index in [9.17, 15) is 9.50 Å². The second kappa shape index (κ2) is 4.45. The van der Waals surface area contributed by atoms with Crippen LogP contribution in [0.15, 0.2) is 16.7 Å². The maximum atomic E-state index is 13.6. The number of hydrogen-bond donors (Lipinski definition) is 1. The van der Waals surface area contributed by atoms with Gasteiger partial charge in [-0.05, 0) is 35.8 Å². The van der Waals surface area contributed by atoms with Crippen LogP contribution in [0.25, 0.3) is 0 Å². The number of aliphatic hydroxyl groups is 1. The number of hydrogen-bond acceptors (Lipinski definition) is 3. The molecule has 0 bridgehead atoms. The average Bonchev–Trinajstić information content (AvgIpc) is 2.17. The summed E-state index contributed by atoms with van der Waals surface area (Å²) in [5.74, 6) is -0.175.